The molecule has 1 aliphatic rings. The standard InChI is InChI=1S/C23H25N5O2S/c1-15-18(22(29)25-12-17-8-4-3-5-9-17)13-24-21(27-15)19-10-6-7-11-28(19)23(30)20-16(2)26-14-31-20/h3-5,8-9,13-14,19H,6-7,10-12H2,1-2H3,(H,25,29)/t19-/m1/s1. The maximum atomic E-state index is 13.1. The average molecular weight is 436 g/mol. The highest BCUT2D eigenvalue weighted by Crippen LogP contribution is 2.31. The minimum absolute atomic E-state index is 0.0179. The molecule has 0 bridgehead atoms. The molecule has 7 nitrogen and oxygen atoms in total. The van der Waals surface area contributed by atoms with Gasteiger partial charge in [0, 0.05) is 19.3 Å². The Balaban J connectivity index is 1.51. The molecule has 0 unspecified atom stereocenters. The number of carbonyl (C=O) groups excluding carboxylic acids is 2. The lowest BCUT2D eigenvalue weighted by Gasteiger charge is -2.34. The molecule has 0 saturated carbocycles. The van der Waals surface area contributed by atoms with Gasteiger partial charge < -0.3 is 10.2 Å². The molecular weight excluding hydrogens is 410 g/mol. The fourth-order valence-corrected chi connectivity index (χ4v) is 4.58. The third-order valence-corrected chi connectivity index (χ3v) is 6.46. The van der Waals surface area contributed by atoms with Crippen molar-refractivity contribution in [3.63, 3.8) is 0 Å². The summed E-state index contributed by atoms with van der Waals surface area (Å²) in [6.07, 6.45) is 4.35. The van der Waals surface area contributed by atoms with Gasteiger partial charge in [0.2, 0.25) is 0 Å². The highest BCUT2D eigenvalue weighted by molar-refractivity contribution is 7.11. The monoisotopic (exact) mass is 435 g/mol. The van der Waals surface area contributed by atoms with Crippen LogP contribution in [0.2, 0.25) is 0 Å². The van der Waals surface area contributed by atoms with Crippen LogP contribution in [0, 0.1) is 13.8 Å². The first kappa shape index (κ1) is 21.1. The van der Waals surface area contributed by atoms with Gasteiger partial charge in [0.1, 0.15) is 4.88 Å². The lowest BCUT2D eigenvalue weighted by atomic mass is 10.0. The number of benzene rings is 1. The average Bonchev–Trinajstić information content (AvgIpc) is 3.23. The first-order chi connectivity index (χ1) is 15.0. The number of amides is 2. The molecule has 31 heavy (non-hydrogen) atoms. The predicted molar refractivity (Wildman–Crippen MR) is 119 cm³/mol. The fraction of sp³-hybridized carbons (Fsp3) is 0.348. The number of thiazole rings is 1. The Bertz CT molecular complexity index is 1080. The van der Waals surface area contributed by atoms with E-state index in [1.807, 2.05) is 49.1 Å². The molecule has 1 atom stereocenters. The largest absolute Gasteiger partial charge is 0.348 e. The van der Waals surface area contributed by atoms with Crippen molar-refractivity contribution in [2.24, 2.45) is 0 Å². The minimum Gasteiger partial charge on any atom is -0.348 e. The van der Waals surface area contributed by atoms with E-state index in [1.54, 1.807) is 11.7 Å². The van der Waals surface area contributed by atoms with Crippen molar-refractivity contribution in [2.45, 2.75) is 45.7 Å². The maximum Gasteiger partial charge on any atom is 0.266 e. The number of hydrogen-bond donors (Lipinski definition) is 1. The maximum absolute atomic E-state index is 13.1. The van der Waals surface area contributed by atoms with Crippen LogP contribution in [0.15, 0.2) is 42.0 Å². The van der Waals surface area contributed by atoms with Crippen molar-refractivity contribution in [1.29, 1.82) is 0 Å². The van der Waals surface area contributed by atoms with Crippen LogP contribution < -0.4 is 5.32 Å². The summed E-state index contributed by atoms with van der Waals surface area (Å²) < 4.78 is 0. The van der Waals surface area contributed by atoms with E-state index in [2.05, 4.69) is 20.3 Å². The molecule has 0 radical (unpaired) electrons. The third-order valence-electron chi connectivity index (χ3n) is 5.54. The number of likely N-dealkylation sites (tertiary alicyclic amines) is 1. The van der Waals surface area contributed by atoms with E-state index < -0.39 is 0 Å². The molecule has 1 aromatic carbocycles. The van der Waals surface area contributed by atoms with Crippen LogP contribution in [0.25, 0.3) is 0 Å². The molecule has 2 amide bonds. The summed E-state index contributed by atoms with van der Waals surface area (Å²) in [5.41, 5.74) is 4.54. The summed E-state index contributed by atoms with van der Waals surface area (Å²) >= 11 is 1.37. The number of carbonyl (C=O) groups is 2. The van der Waals surface area contributed by atoms with E-state index in [0.717, 1.165) is 30.5 Å². The topological polar surface area (TPSA) is 88.1 Å². The molecule has 0 spiro atoms. The second-order valence-corrected chi connectivity index (χ2v) is 8.53. The number of rotatable bonds is 5. The van der Waals surface area contributed by atoms with Gasteiger partial charge in [-0.2, -0.15) is 0 Å². The molecule has 3 heterocycles. The number of aromatic nitrogens is 3. The zero-order valence-electron chi connectivity index (χ0n) is 17.7. The van der Waals surface area contributed by atoms with Crippen molar-refractivity contribution in [2.75, 3.05) is 6.54 Å². The number of piperidine rings is 1. The Morgan fingerprint density at radius 1 is 1.13 bits per heavy atom. The van der Waals surface area contributed by atoms with Gasteiger partial charge >= 0.3 is 0 Å². The molecule has 2 aromatic heterocycles. The van der Waals surface area contributed by atoms with Crippen LogP contribution in [0.1, 0.15) is 68.1 Å². The van der Waals surface area contributed by atoms with E-state index in [4.69, 9.17) is 0 Å². The van der Waals surface area contributed by atoms with Crippen LogP contribution in [-0.2, 0) is 6.54 Å². The summed E-state index contributed by atoms with van der Waals surface area (Å²) in [4.78, 5) is 41.6. The van der Waals surface area contributed by atoms with Crippen molar-refractivity contribution in [1.82, 2.24) is 25.2 Å². The lowest BCUT2D eigenvalue weighted by Crippen LogP contribution is -2.39. The normalized spacial score (nSPS) is 16.2. The summed E-state index contributed by atoms with van der Waals surface area (Å²) in [6, 6.07) is 9.56. The van der Waals surface area contributed by atoms with Crippen molar-refractivity contribution in [3.05, 3.63) is 75.3 Å². The molecule has 8 heteroatoms. The highest BCUT2D eigenvalue weighted by Gasteiger charge is 2.32. The Hall–Kier alpha value is -3.13. The van der Waals surface area contributed by atoms with Crippen LogP contribution in [0.3, 0.4) is 0 Å². The molecule has 1 fully saturated rings. The van der Waals surface area contributed by atoms with Crippen LogP contribution in [0.4, 0.5) is 0 Å². The number of nitrogens with one attached hydrogen (secondary N) is 1. The van der Waals surface area contributed by atoms with Gasteiger partial charge in [-0.15, -0.1) is 11.3 Å². The van der Waals surface area contributed by atoms with Crippen LogP contribution in [-0.4, -0.2) is 38.2 Å². The van der Waals surface area contributed by atoms with E-state index >= 15 is 0 Å². The van der Waals surface area contributed by atoms with Gasteiger partial charge in [-0.1, -0.05) is 30.3 Å². The van der Waals surface area contributed by atoms with Crippen LogP contribution in [0.5, 0.6) is 0 Å². The molecular formula is C23H25N5O2S. The first-order valence-electron chi connectivity index (χ1n) is 10.4. The third kappa shape index (κ3) is 4.64. The summed E-state index contributed by atoms with van der Waals surface area (Å²) in [7, 11) is 0. The molecule has 4 rings (SSSR count). The second kappa shape index (κ2) is 9.34. The fourth-order valence-electron chi connectivity index (χ4n) is 3.82. The summed E-state index contributed by atoms with van der Waals surface area (Å²) in [6.45, 7) is 4.78. The Kier molecular flexibility index (Phi) is 6.36. The second-order valence-electron chi connectivity index (χ2n) is 7.67. The predicted octanol–water partition coefficient (Wildman–Crippen LogP) is 3.85. The van der Waals surface area contributed by atoms with Crippen molar-refractivity contribution < 1.29 is 9.59 Å². The Labute approximate surface area is 185 Å². The summed E-state index contributed by atoms with van der Waals surface area (Å²) in [5.74, 6) is 0.368. The van der Waals surface area contributed by atoms with E-state index in [0.29, 0.717) is 35.0 Å². The number of aryl methyl sites for hydroxylation is 2. The van der Waals surface area contributed by atoms with Gasteiger partial charge in [0.25, 0.3) is 11.8 Å². The lowest BCUT2D eigenvalue weighted by molar-refractivity contribution is 0.0603. The SMILES string of the molecule is Cc1nc([C@H]2CCCCN2C(=O)c2scnc2C)ncc1C(=O)NCc1ccccc1. The van der Waals surface area contributed by atoms with E-state index in [9.17, 15) is 9.59 Å². The summed E-state index contributed by atoms with van der Waals surface area (Å²) in [5, 5.41) is 2.92. The van der Waals surface area contributed by atoms with Gasteiger partial charge in [-0.25, -0.2) is 15.0 Å². The number of nitrogens with zero attached hydrogens (tertiary/aromatic N) is 4. The number of hydrogen-bond acceptors (Lipinski definition) is 6. The van der Waals surface area contributed by atoms with Gasteiger partial charge in [0.05, 0.1) is 28.5 Å². The van der Waals surface area contributed by atoms with Crippen molar-refractivity contribution in [3.8, 4) is 0 Å². The molecule has 1 N–H and O–H groups in total. The molecule has 1 aliphatic heterocycles. The van der Waals surface area contributed by atoms with E-state index in [-0.39, 0.29) is 17.9 Å². The quantitative estimate of drug-likeness (QED) is 0.658. The highest BCUT2D eigenvalue weighted by atomic mass is 32.1. The van der Waals surface area contributed by atoms with Crippen LogP contribution >= 0.6 is 11.3 Å². The van der Waals surface area contributed by atoms with E-state index in [1.165, 1.54) is 11.3 Å². The molecule has 160 valence electrons. The first-order valence-corrected chi connectivity index (χ1v) is 11.3. The molecule has 1 saturated heterocycles. The Morgan fingerprint density at radius 3 is 2.65 bits per heavy atom. The zero-order chi connectivity index (χ0) is 21.8. The van der Waals surface area contributed by atoms with Gasteiger partial charge in [0.15, 0.2) is 5.82 Å². The van der Waals surface area contributed by atoms with Crippen molar-refractivity contribution >= 4 is 23.2 Å². The smallest absolute Gasteiger partial charge is 0.266 e. The van der Waals surface area contributed by atoms with Gasteiger partial charge in [-0.3, -0.25) is 9.59 Å². The Morgan fingerprint density at radius 2 is 1.94 bits per heavy atom. The minimum atomic E-state index is -0.204. The molecule has 3 aromatic rings. The van der Waals surface area contributed by atoms with Gasteiger partial charge in [-0.05, 0) is 38.7 Å². The molecule has 0 aliphatic carbocycles. The zero-order valence-corrected chi connectivity index (χ0v) is 18.5.